The summed E-state index contributed by atoms with van der Waals surface area (Å²) in [6, 6.07) is 0.440. The van der Waals surface area contributed by atoms with Crippen molar-refractivity contribution in [2.45, 2.75) is 65.1 Å². The van der Waals surface area contributed by atoms with Crippen LogP contribution in [-0.2, 0) is 13.1 Å². The highest BCUT2D eigenvalue weighted by Gasteiger charge is 2.23. The quantitative estimate of drug-likeness (QED) is 0.856. The van der Waals surface area contributed by atoms with Crippen molar-refractivity contribution in [2.24, 2.45) is 5.92 Å². The summed E-state index contributed by atoms with van der Waals surface area (Å²) < 4.78 is 3.63. The number of hydrogen-bond donors (Lipinski definition) is 1. The van der Waals surface area contributed by atoms with Crippen LogP contribution in [0.3, 0.4) is 0 Å². The Morgan fingerprint density at radius 2 is 1.89 bits per heavy atom. The standard InChI is InChI=1S/C15H27N3O/c1-3-16-14(13-8-6-5-7-9-13)12-18-11-10-17(4-2)15(18)19/h10-11,13-14,16H,3-9,12H2,1-2H3. The fourth-order valence-electron chi connectivity index (χ4n) is 3.22. The minimum absolute atomic E-state index is 0.126. The van der Waals surface area contributed by atoms with E-state index < -0.39 is 0 Å². The lowest BCUT2D eigenvalue weighted by molar-refractivity contribution is 0.248. The Hall–Kier alpha value is -1.03. The Balaban J connectivity index is 2.06. The topological polar surface area (TPSA) is 39.0 Å². The van der Waals surface area contributed by atoms with Crippen LogP contribution in [0.4, 0.5) is 0 Å². The van der Waals surface area contributed by atoms with Crippen LogP contribution in [0, 0.1) is 5.92 Å². The third-order valence-corrected chi connectivity index (χ3v) is 4.34. The van der Waals surface area contributed by atoms with Crippen LogP contribution in [0.25, 0.3) is 0 Å². The van der Waals surface area contributed by atoms with E-state index in [4.69, 9.17) is 0 Å². The van der Waals surface area contributed by atoms with Crippen molar-refractivity contribution in [3.63, 3.8) is 0 Å². The zero-order valence-electron chi connectivity index (χ0n) is 12.3. The molecule has 0 bridgehead atoms. The lowest BCUT2D eigenvalue weighted by Gasteiger charge is -2.31. The molecule has 1 fully saturated rings. The Morgan fingerprint density at radius 1 is 1.21 bits per heavy atom. The van der Waals surface area contributed by atoms with Gasteiger partial charge in [-0.1, -0.05) is 26.2 Å². The van der Waals surface area contributed by atoms with E-state index in [1.165, 1.54) is 32.1 Å². The predicted octanol–water partition coefficient (Wildman–Crippen LogP) is 2.23. The van der Waals surface area contributed by atoms with Gasteiger partial charge in [0.25, 0.3) is 0 Å². The van der Waals surface area contributed by atoms with Crippen LogP contribution in [0.5, 0.6) is 0 Å². The fraction of sp³-hybridized carbons (Fsp3) is 0.800. The van der Waals surface area contributed by atoms with Gasteiger partial charge in [0.15, 0.2) is 0 Å². The second kappa shape index (κ2) is 6.94. The number of imidazole rings is 1. The summed E-state index contributed by atoms with van der Waals surface area (Å²) in [6.45, 7) is 6.69. The summed E-state index contributed by atoms with van der Waals surface area (Å²) in [6.07, 6.45) is 10.5. The minimum atomic E-state index is 0.126. The second-order valence-corrected chi connectivity index (χ2v) is 5.58. The van der Waals surface area contributed by atoms with Crippen molar-refractivity contribution < 1.29 is 0 Å². The van der Waals surface area contributed by atoms with Gasteiger partial charge in [-0.2, -0.15) is 0 Å². The van der Waals surface area contributed by atoms with Gasteiger partial charge >= 0.3 is 5.69 Å². The van der Waals surface area contributed by atoms with Gasteiger partial charge in [-0.15, -0.1) is 0 Å². The molecule has 1 unspecified atom stereocenters. The smallest absolute Gasteiger partial charge is 0.312 e. The molecule has 0 saturated heterocycles. The zero-order valence-corrected chi connectivity index (χ0v) is 12.3. The Bertz CT molecular complexity index is 429. The number of aryl methyl sites for hydroxylation is 1. The van der Waals surface area contributed by atoms with E-state index in [0.29, 0.717) is 6.04 Å². The number of nitrogens with one attached hydrogen (secondary N) is 1. The molecule has 1 atom stereocenters. The van der Waals surface area contributed by atoms with Crippen LogP contribution in [0.15, 0.2) is 17.2 Å². The largest absolute Gasteiger partial charge is 0.328 e. The molecule has 1 N–H and O–H groups in total. The van der Waals surface area contributed by atoms with E-state index >= 15 is 0 Å². The first-order valence-corrected chi connectivity index (χ1v) is 7.75. The van der Waals surface area contributed by atoms with E-state index in [-0.39, 0.29) is 5.69 Å². The normalized spacial score (nSPS) is 18.6. The van der Waals surface area contributed by atoms with Crippen LogP contribution < -0.4 is 11.0 Å². The van der Waals surface area contributed by atoms with Gasteiger partial charge in [0, 0.05) is 31.5 Å². The molecule has 0 aliphatic heterocycles. The van der Waals surface area contributed by atoms with Gasteiger partial charge in [-0.05, 0) is 32.2 Å². The third-order valence-electron chi connectivity index (χ3n) is 4.34. The Kier molecular flexibility index (Phi) is 5.25. The molecule has 0 spiro atoms. The minimum Gasteiger partial charge on any atom is -0.312 e. The average Bonchev–Trinajstić information content (AvgIpc) is 2.80. The number of likely N-dealkylation sites (N-methyl/N-ethyl adjacent to an activating group) is 1. The molecule has 19 heavy (non-hydrogen) atoms. The van der Waals surface area contributed by atoms with Gasteiger partial charge in [0.2, 0.25) is 0 Å². The molecule has 0 amide bonds. The first-order chi connectivity index (χ1) is 9.26. The molecule has 108 valence electrons. The zero-order chi connectivity index (χ0) is 13.7. The monoisotopic (exact) mass is 265 g/mol. The molecular formula is C15H27N3O. The van der Waals surface area contributed by atoms with E-state index in [1.807, 2.05) is 23.9 Å². The van der Waals surface area contributed by atoms with Crippen LogP contribution in [-0.4, -0.2) is 21.7 Å². The van der Waals surface area contributed by atoms with E-state index in [0.717, 1.165) is 25.6 Å². The summed E-state index contributed by atoms with van der Waals surface area (Å²) in [5.41, 5.74) is 0.126. The first kappa shape index (κ1) is 14.4. The summed E-state index contributed by atoms with van der Waals surface area (Å²) in [7, 11) is 0. The van der Waals surface area contributed by atoms with Gasteiger partial charge in [-0.3, -0.25) is 9.13 Å². The molecule has 1 aliphatic rings. The van der Waals surface area contributed by atoms with Crippen LogP contribution in [0.1, 0.15) is 46.0 Å². The molecule has 0 radical (unpaired) electrons. The second-order valence-electron chi connectivity index (χ2n) is 5.58. The average molecular weight is 265 g/mol. The molecule has 0 aromatic carbocycles. The third kappa shape index (κ3) is 3.50. The van der Waals surface area contributed by atoms with Gasteiger partial charge in [0.05, 0.1) is 0 Å². The lowest BCUT2D eigenvalue weighted by Crippen LogP contribution is -2.42. The molecule has 1 aromatic heterocycles. The van der Waals surface area contributed by atoms with Crippen molar-refractivity contribution in [3.05, 3.63) is 22.9 Å². The molecule has 4 heteroatoms. The van der Waals surface area contributed by atoms with Gasteiger partial charge in [-0.25, -0.2) is 4.79 Å². The first-order valence-electron chi connectivity index (χ1n) is 7.75. The maximum absolute atomic E-state index is 12.1. The predicted molar refractivity (Wildman–Crippen MR) is 78.4 cm³/mol. The van der Waals surface area contributed by atoms with Gasteiger partial charge < -0.3 is 5.32 Å². The van der Waals surface area contributed by atoms with Gasteiger partial charge in [0.1, 0.15) is 0 Å². The number of hydrogen-bond acceptors (Lipinski definition) is 2. The molecule has 1 heterocycles. The summed E-state index contributed by atoms with van der Waals surface area (Å²) in [5.74, 6) is 0.727. The van der Waals surface area contributed by atoms with E-state index in [2.05, 4.69) is 12.2 Å². The van der Waals surface area contributed by atoms with Crippen molar-refractivity contribution in [2.75, 3.05) is 6.54 Å². The summed E-state index contributed by atoms with van der Waals surface area (Å²) in [5, 5.41) is 3.59. The van der Waals surface area contributed by atoms with Crippen molar-refractivity contribution in [1.29, 1.82) is 0 Å². The maximum Gasteiger partial charge on any atom is 0.328 e. The Morgan fingerprint density at radius 3 is 2.47 bits per heavy atom. The Labute approximate surface area is 115 Å². The number of rotatable bonds is 6. The highest BCUT2D eigenvalue weighted by atomic mass is 16.1. The lowest BCUT2D eigenvalue weighted by atomic mass is 9.84. The number of aromatic nitrogens is 2. The molecule has 1 saturated carbocycles. The van der Waals surface area contributed by atoms with E-state index in [9.17, 15) is 4.79 Å². The number of nitrogens with zero attached hydrogens (tertiary/aromatic N) is 2. The van der Waals surface area contributed by atoms with Crippen LogP contribution in [0.2, 0.25) is 0 Å². The molecule has 4 nitrogen and oxygen atoms in total. The molecule has 2 rings (SSSR count). The van der Waals surface area contributed by atoms with Crippen molar-refractivity contribution >= 4 is 0 Å². The SMILES string of the molecule is CCNC(Cn1ccn(CC)c1=O)C1CCCCC1. The highest BCUT2D eigenvalue weighted by molar-refractivity contribution is 4.86. The maximum atomic E-state index is 12.1. The van der Waals surface area contributed by atoms with Crippen molar-refractivity contribution in [3.8, 4) is 0 Å². The highest BCUT2D eigenvalue weighted by Crippen LogP contribution is 2.27. The molecule has 1 aromatic rings. The van der Waals surface area contributed by atoms with Crippen LogP contribution >= 0.6 is 0 Å². The molecule has 1 aliphatic carbocycles. The summed E-state index contributed by atoms with van der Waals surface area (Å²) in [4.78, 5) is 12.1. The van der Waals surface area contributed by atoms with Crippen molar-refractivity contribution in [1.82, 2.24) is 14.5 Å². The summed E-state index contributed by atoms with van der Waals surface area (Å²) >= 11 is 0. The molecular weight excluding hydrogens is 238 g/mol. The van der Waals surface area contributed by atoms with E-state index in [1.54, 1.807) is 4.57 Å². The fourth-order valence-corrected chi connectivity index (χ4v) is 3.22.